The Kier molecular flexibility index (Phi) is 4.77. The maximum Gasteiger partial charge on any atom is 0.331 e. The molecule has 2 rings (SSSR count). The minimum absolute atomic E-state index is 0.247. The molecule has 0 bridgehead atoms. The van der Waals surface area contributed by atoms with Crippen molar-refractivity contribution < 1.29 is 14.7 Å². The van der Waals surface area contributed by atoms with Crippen LogP contribution in [0.4, 0.5) is 0 Å². The molecule has 6 heteroatoms. The molecule has 20 heavy (non-hydrogen) atoms. The Balaban J connectivity index is 2.19. The summed E-state index contributed by atoms with van der Waals surface area (Å²) in [5.74, 6) is -1.23. The Morgan fingerprint density at radius 1 is 1.60 bits per heavy atom. The van der Waals surface area contributed by atoms with E-state index in [4.69, 9.17) is 5.73 Å². The van der Waals surface area contributed by atoms with Gasteiger partial charge in [0.15, 0.2) is 6.04 Å². The number of hydrogen-bond acceptors (Lipinski definition) is 4. The molecule has 2 heterocycles. The van der Waals surface area contributed by atoms with Crippen molar-refractivity contribution in [3.8, 4) is 0 Å². The molecule has 5 nitrogen and oxygen atoms in total. The molecule has 0 aliphatic carbocycles. The van der Waals surface area contributed by atoms with Crippen LogP contribution in [0.5, 0.6) is 0 Å². The first-order valence-electron chi connectivity index (χ1n) is 6.91. The molecular formula is C14H20N2O3S. The van der Waals surface area contributed by atoms with Gasteiger partial charge in [0.25, 0.3) is 0 Å². The monoisotopic (exact) mass is 296 g/mol. The minimum Gasteiger partial charge on any atom is -0.479 e. The summed E-state index contributed by atoms with van der Waals surface area (Å²) in [5, 5.41) is 11.3. The third-order valence-corrected chi connectivity index (χ3v) is 4.67. The number of nitrogens with zero attached hydrogens (tertiary/aromatic N) is 1. The number of unbranched alkanes of at least 4 members (excludes halogenated alkanes) is 1. The highest BCUT2D eigenvalue weighted by Crippen LogP contribution is 2.33. The first-order valence-corrected chi connectivity index (χ1v) is 7.79. The highest BCUT2D eigenvalue weighted by Gasteiger charge is 2.37. The van der Waals surface area contributed by atoms with E-state index in [0.717, 1.165) is 23.3 Å². The van der Waals surface area contributed by atoms with E-state index < -0.39 is 18.1 Å². The normalized spacial score (nSPS) is 19.5. The zero-order valence-corrected chi connectivity index (χ0v) is 12.4. The van der Waals surface area contributed by atoms with Crippen LogP contribution in [0.25, 0.3) is 0 Å². The lowest BCUT2D eigenvalue weighted by Crippen LogP contribution is -2.49. The molecule has 0 saturated heterocycles. The van der Waals surface area contributed by atoms with Gasteiger partial charge in [0.2, 0.25) is 5.91 Å². The van der Waals surface area contributed by atoms with E-state index in [1.54, 1.807) is 17.4 Å². The van der Waals surface area contributed by atoms with Gasteiger partial charge in [0.1, 0.15) is 0 Å². The predicted molar refractivity (Wildman–Crippen MR) is 77.6 cm³/mol. The summed E-state index contributed by atoms with van der Waals surface area (Å²) in [6.45, 7) is 2.47. The number of aliphatic carboxylic acids is 1. The van der Waals surface area contributed by atoms with Gasteiger partial charge in [0.05, 0.1) is 6.04 Å². The molecule has 1 aromatic rings. The van der Waals surface area contributed by atoms with Gasteiger partial charge in [-0.15, -0.1) is 11.3 Å². The van der Waals surface area contributed by atoms with E-state index in [9.17, 15) is 14.7 Å². The highest BCUT2D eigenvalue weighted by molar-refractivity contribution is 7.10. The second-order valence-corrected chi connectivity index (χ2v) is 6.07. The number of carbonyl (C=O) groups is 2. The van der Waals surface area contributed by atoms with Crippen molar-refractivity contribution in [1.82, 2.24) is 4.90 Å². The van der Waals surface area contributed by atoms with Gasteiger partial charge in [-0.25, -0.2) is 4.79 Å². The summed E-state index contributed by atoms with van der Waals surface area (Å²) in [6.07, 6.45) is 3.16. The Hall–Kier alpha value is -1.40. The Labute approximate surface area is 122 Å². The number of carboxylic acid groups (broad SMARTS) is 1. The number of carbonyl (C=O) groups excluding carboxylic acids is 1. The van der Waals surface area contributed by atoms with Crippen molar-refractivity contribution in [1.29, 1.82) is 0 Å². The standard InChI is InChI=1S/C14H20N2O3S/c1-2-3-4-10(15)13(17)16-7-5-11-9(6-8-20-11)12(16)14(18)19/h6,8,10,12H,2-5,7,15H2,1H3,(H,18,19)/t10-,12?/m0/s1. The van der Waals surface area contributed by atoms with E-state index in [1.165, 1.54) is 4.90 Å². The van der Waals surface area contributed by atoms with Crippen molar-refractivity contribution in [2.45, 2.75) is 44.7 Å². The van der Waals surface area contributed by atoms with Gasteiger partial charge in [-0.1, -0.05) is 19.8 Å². The molecule has 1 unspecified atom stereocenters. The number of rotatable bonds is 5. The summed E-state index contributed by atoms with van der Waals surface area (Å²) in [7, 11) is 0. The van der Waals surface area contributed by atoms with Crippen LogP contribution in [0.1, 0.15) is 42.7 Å². The van der Waals surface area contributed by atoms with E-state index in [1.807, 2.05) is 12.3 Å². The van der Waals surface area contributed by atoms with Crippen LogP contribution in [0.3, 0.4) is 0 Å². The summed E-state index contributed by atoms with van der Waals surface area (Å²) >= 11 is 1.55. The number of amides is 1. The molecule has 0 saturated carbocycles. The van der Waals surface area contributed by atoms with E-state index in [0.29, 0.717) is 19.4 Å². The molecule has 110 valence electrons. The second-order valence-electron chi connectivity index (χ2n) is 5.07. The van der Waals surface area contributed by atoms with E-state index in [2.05, 4.69) is 0 Å². The van der Waals surface area contributed by atoms with Gasteiger partial charge in [-0.3, -0.25) is 4.79 Å². The Morgan fingerprint density at radius 3 is 3.00 bits per heavy atom. The predicted octanol–water partition coefficient (Wildman–Crippen LogP) is 1.78. The second kappa shape index (κ2) is 6.37. The van der Waals surface area contributed by atoms with Gasteiger partial charge in [-0.2, -0.15) is 0 Å². The lowest BCUT2D eigenvalue weighted by atomic mass is 9.98. The zero-order valence-electron chi connectivity index (χ0n) is 11.5. The smallest absolute Gasteiger partial charge is 0.331 e. The average molecular weight is 296 g/mol. The quantitative estimate of drug-likeness (QED) is 0.867. The first-order chi connectivity index (χ1) is 9.56. The number of carboxylic acids is 1. The third-order valence-electron chi connectivity index (χ3n) is 3.67. The fourth-order valence-corrected chi connectivity index (χ4v) is 3.48. The molecule has 1 amide bonds. The Bertz CT molecular complexity index is 500. The number of nitrogens with two attached hydrogens (primary N) is 1. The fourth-order valence-electron chi connectivity index (χ4n) is 2.58. The van der Waals surface area contributed by atoms with Crippen LogP contribution in [0, 0.1) is 0 Å². The van der Waals surface area contributed by atoms with Crippen LogP contribution in [0.15, 0.2) is 11.4 Å². The average Bonchev–Trinajstić information content (AvgIpc) is 2.90. The topological polar surface area (TPSA) is 83.6 Å². The molecule has 0 radical (unpaired) electrons. The van der Waals surface area contributed by atoms with Gasteiger partial charge in [-0.05, 0) is 29.9 Å². The fraction of sp³-hybridized carbons (Fsp3) is 0.571. The van der Waals surface area contributed by atoms with E-state index in [-0.39, 0.29) is 5.91 Å². The van der Waals surface area contributed by atoms with Crippen LogP contribution in [0.2, 0.25) is 0 Å². The molecule has 0 fully saturated rings. The molecule has 0 spiro atoms. The summed E-state index contributed by atoms with van der Waals surface area (Å²) < 4.78 is 0. The van der Waals surface area contributed by atoms with Crippen LogP contribution in [-0.4, -0.2) is 34.5 Å². The van der Waals surface area contributed by atoms with Crippen molar-refractivity contribution in [2.75, 3.05) is 6.54 Å². The highest BCUT2D eigenvalue weighted by atomic mass is 32.1. The Morgan fingerprint density at radius 2 is 2.35 bits per heavy atom. The molecule has 1 aliphatic rings. The lowest BCUT2D eigenvalue weighted by molar-refractivity contribution is -0.151. The van der Waals surface area contributed by atoms with Crippen LogP contribution < -0.4 is 5.73 Å². The molecule has 3 N–H and O–H groups in total. The van der Waals surface area contributed by atoms with E-state index >= 15 is 0 Å². The van der Waals surface area contributed by atoms with Crippen molar-refractivity contribution in [3.63, 3.8) is 0 Å². The first kappa shape index (κ1) is 15.0. The summed E-state index contributed by atoms with van der Waals surface area (Å²) in [5.41, 5.74) is 6.65. The molecular weight excluding hydrogens is 276 g/mol. The van der Waals surface area contributed by atoms with Gasteiger partial charge >= 0.3 is 5.97 Å². The molecule has 1 aromatic heterocycles. The summed E-state index contributed by atoms with van der Waals surface area (Å²) in [6, 6.07) is 0.317. The maximum atomic E-state index is 12.4. The number of thiophene rings is 1. The molecule has 2 atom stereocenters. The van der Waals surface area contributed by atoms with Crippen molar-refractivity contribution >= 4 is 23.2 Å². The van der Waals surface area contributed by atoms with Gasteiger partial charge in [0, 0.05) is 11.4 Å². The number of fused-ring (bicyclic) bond motifs is 1. The van der Waals surface area contributed by atoms with Crippen LogP contribution in [-0.2, 0) is 16.0 Å². The largest absolute Gasteiger partial charge is 0.479 e. The molecule has 0 aromatic carbocycles. The SMILES string of the molecule is CCCC[C@H](N)C(=O)N1CCc2sccc2C1C(=O)O. The number of hydrogen-bond donors (Lipinski definition) is 2. The third kappa shape index (κ3) is 2.86. The summed E-state index contributed by atoms with van der Waals surface area (Å²) in [4.78, 5) is 26.4. The zero-order chi connectivity index (χ0) is 14.7. The molecule has 1 aliphatic heterocycles. The van der Waals surface area contributed by atoms with Gasteiger partial charge < -0.3 is 15.7 Å². The lowest BCUT2D eigenvalue weighted by Gasteiger charge is -2.34. The minimum atomic E-state index is -0.986. The van der Waals surface area contributed by atoms with Crippen molar-refractivity contribution in [2.24, 2.45) is 5.73 Å². The van der Waals surface area contributed by atoms with Crippen molar-refractivity contribution in [3.05, 3.63) is 21.9 Å². The maximum absolute atomic E-state index is 12.4. The van der Waals surface area contributed by atoms with Crippen LogP contribution >= 0.6 is 11.3 Å².